The van der Waals surface area contributed by atoms with Gasteiger partial charge >= 0.3 is 0 Å². The monoisotopic (exact) mass is 251 g/mol. The van der Waals surface area contributed by atoms with Crippen LogP contribution in [0.3, 0.4) is 0 Å². The normalized spacial score (nSPS) is 10.8. The number of nitrogens with zero attached hydrogens (tertiary/aromatic N) is 2. The van der Waals surface area contributed by atoms with Gasteiger partial charge in [-0.15, -0.1) is 0 Å². The summed E-state index contributed by atoms with van der Waals surface area (Å²) in [6, 6.07) is 11.3. The molecule has 3 aromatic rings. The zero-order valence-corrected chi connectivity index (χ0v) is 10.6. The van der Waals surface area contributed by atoms with Crippen molar-refractivity contribution >= 4 is 10.9 Å². The van der Waals surface area contributed by atoms with Gasteiger partial charge in [0, 0.05) is 29.6 Å². The summed E-state index contributed by atoms with van der Waals surface area (Å²) in [5, 5.41) is 1.08. The Balaban J connectivity index is 2.18. The molecule has 0 aliphatic rings. The Morgan fingerprint density at radius 2 is 2.11 bits per heavy atom. The molecule has 0 fully saturated rings. The maximum atomic E-state index is 11.6. The molecule has 0 atom stereocenters. The number of H-pyrrole nitrogens is 1. The van der Waals surface area contributed by atoms with Crippen LogP contribution >= 0.6 is 0 Å². The van der Waals surface area contributed by atoms with Gasteiger partial charge in [-0.2, -0.15) is 0 Å². The van der Waals surface area contributed by atoms with E-state index in [0.29, 0.717) is 17.9 Å². The molecule has 0 radical (unpaired) electrons. The Kier molecular flexibility index (Phi) is 2.83. The highest BCUT2D eigenvalue weighted by atomic mass is 16.1. The number of hydrogen-bond donors (Lipinski definition) is 1. The topological polar surface area (TPSA) is 58.6 Å². The first-order valence-electron chi connectivity index (χ1n) is 6.21. The number of aromatic nitrogens is 3. The lowest BCUT2D eigenvalue weighted by atomic mass is 10.1. The predicted molar refractivity (Wildman–Crippen MR) is 75.0 cm³/mol. The van der Waals surface area contributed by atoms with E-state index in [1.54, 1.807) is 6.20 Å². The van der Waals surface area contributed by atoms with Crippen LogP contribution < -0.4 is 5.56 Å². The van der Waals surface area contributed by atoms with E-state index in [9.17, 15) is 4.79 Å². The summed E-state index contributed by atoms with van der Waals surface area (Å²) in [5.41, 5.74) is 2.38. The molecule has 2 heterocycles. The first-order chi connectivity index (χ1) is 9.26. The highest BCUT2D eigenvalue weighted by molar-refractivity contribution is 5.83. The van der Waals surface area contributed by atoms with Crippen molar-refractivity contribution in [3.8, 4) is 11.3 Å². The molecule has 19 heavy (non-hydrogen) atoms. The molecule has 1 aromatic carbocycles. The van der Waals surface area contributed by atoms with Crippen LogP contribution in [-0.4, -0.2) is 15.0 Å². The third-order valence-electron chi connectivity index (χ3n) is 3.03. The highest BCUT2D eigenvalue weighted by Crippen LogP contribution is 2.20. The van der Waals surface area contributed by atoms with E-state index >= 15 is 0 Å². The zero-order chi connectivity index (χ0) is 13.2. The molecule has 4 heteroatoms. The lowest BCUT2D eigenvalue weighted by Crippen LogP contribution is -2.10. The average molecular weight is 251 g/mol. The van der Waals surface area contributed by atoms with E-state index < -0.39 is 0 Å². The maximum absolute atomic E-state index is 11.6. The quantitative estimate of drug-likeness (QED) is 0.761. The van der Waals surface area contributed by atoms with Gasteiger partial charge in [-0.3, -0.25) is 9.78 Å². The van der Waals surface area contributed by atoms with E-state index in [1.165, 1.54) is 6.07 Å². The zero-order valence-electron chi connectivity index (χ0n) is 10.6. The number of fused-ring (bicyclic) bond motifs is 1. The summed E-state index contributed by atoms with van der Waals surface area (Å²) in [6.07, 6.45) is 2.46. The fourth-order valence-corrected chi connectivity index (χ4v) is 2.05. The minimum absolute atomic E-state index is 0.122. The Hall–Kier alpha value is -2.49. The molecule has 0 saturated heterocycles. The van der Waals surface area contributed by atoms with Crippen LogP contribution in [0.1, 0.15) is 12.7 Å². The minimum atomic E-state index is -0.122. The van der Waals surface area contributed by atoms with Crippen LogP contribution in [0.25, 0.3) is 22.2 Å². The van der Waals surface area contributed by atoms with Crippen molar-refractivity contribution in [1.29, 1.82) is 0 Å². The second-order valence-corrected chi connectivity index (χ2v) is 4.34. The summed E-state index contributed by atoms with van der Waals surface area (Å²) < 4.78 is 0. The van der Waals surface area contributed by atoms with Gasteiger partial charge < -0.3 is 4.98 Å². The van der Waals surface area contributed by atoms with Crippen LogP contribution in [0, 0.1) is 0 Å². The summed E-state index contributed by atoms with van der Waals surface area (Å²) in [5.74, 6) is 0.698. The molecule has 0 aliphatic heterocycles. The van der Waals surface area contributed by atoms with Crippen LogP contribution in [0.4, 0.5) is 0 Å². The van der Waals surface area contributed by atoms with E-state index in [2.05, 4.69) is 15.0 Å². The second-order valence-electron chi connectivity index (χ2n) is 4.34. The van der Waals surface area contributed by atoms with Crippen molar-refractivity contribution < 1.29 is 0 Å². The number of hydrogen-bond acceptors (Lipinski definition) is 3. The standard InChI is InChI=1S/C15H13N3O/c1-2-14-17-13(9-15(19)18-14)11-6-5-10-4-3-7-16-12(10)8-11/h3-9H,2H2,1H3,(H,17,18,19). The second kappa shape index (κ2) is 4.65. The molecule has 0 spiro atoms. The van der Waals surface area contributed by atoms with Crippen molar-refractivity contribution in [1.82, 2.24) is 15.0 Å². The first-order valence-corrected chi connectivity index (χ1v) is 6.21. The Morgan fingerprint density at radius 3 is 2.95 bits per heavy atom. The fraction of sp³-hybridized carbons (Fsp3) is 0.133. The molecule has 0 aliphatic carbocycles. The average Bonchev–Trinajstić information content (AvgIpc) is 2.46. The molecule has 0 amide bonds. The van der Waals surface area contributed by atoms with Gasteiger partial charge in [-0.25, -0.2) is 4.98 Å². The van der Waals surface area contributed by atoms with Crippen molar-refractivity contribution in [3.05, 3.63) is 58.8 Å². The summed E-state index contributed by atoms with van der Waals surface area (Å²) in [4.78, 5) is 23.1. The number of pyridine rings is 1. The van der Waals surface area contributed by atoms with Gasteiger partial charge in [0.05, 0.1) is 11.2 Å². The molecule has 3 rings (SSSR count). The summed E-state index contributed by atoms with van der Waals surface area (Å²) in [7, 11) is 0. The van der Waals surface area contributed by atoms with E-state index in [-0.39, 0.29) is 5.56 Å². The lowest BCUT2D eigenvalue weighted by molar-refractivity contribution is 0.924. The van der Waals surface area contributed by atoms with E-state index in [4.69, 9.17) is 0 Å². The molecular formula is C15H13N3O. The van der Waals surface area contributed by atoms with Gasteiger partial charge in [-0.05, 0) is 12.1 Å². The largest absolute Gasteiger partial charge is 0.311 e. The van der Waals surface area contributed by atoms with Gasteiger partial charge in [-0.1, -0.05) is 25.1 Å². The molecule has 2 aromatic heterocycles. The van der Waals surface area contributed by atoms with Gasteiger partial charge in [0.25, 0.3) is 5.56 Å². The predicted octanol–water partition coefficient (Wildman–Crippen LogP) is 2.55. The van der Waals surface area contributed by atoms with Gasteiger partial charge in [0.2, 0.25) is 0 Å². The summed E-state index contributed by atoms with van der Waals surface area (Å²) in [6.45, 7) is 1.96. The van der Waals surface area contributed by atoms with Crippen molar-refractivity contribution in [2.45, 2.75) is 13.3 Å². The third-order valence-corrected chi connectivity index (χ3v) is 3.03. The Bertz CT molecular complexity index is 792. The SMILES string of the molecule is CCc1nc(-c2ccc3cccnc3c2)cc(=O)[nH]1. The molecule has 94 valence electrons. The van der Waals surface area contributed by atoms with Crippen LogP contribution in [0.2, 0.25) is 0 Å². The van der Waals surface area contributed by atoms with E-state index in [1.807, 2.05) is 37.3 Å². The minimum Gasteiger partial charge on any atom is -0.311 e. The molecule has 0 saturated carbocycles. The maximum Gasteiger partial charge on any atom is 0.251 e. The first kappa shape index (κ1) is 11.6. The van der Waals surface area contributed by atoms with Crippen LogP contribution in [-0.2, 0) is 6.42 Å². The molecular weight excluding hydrogens is 238 g/mol. The van der Waals surface area contributed by atoms with E-state index in [0.717, 1.165) is 16.5 Å². The van der Waals surface area contributed by atoms with Crippen LogP contribution in [0.15, 0.2) is 47.4 Å². The Labute approximate surface area is 110 Å². The number of aromatic amines is 1. The highest BCUT2D eigenvalue weighted by Gasteiger charge is 2.04. The third kappa shape index (κ3) is 2.25. The van der Waals surface area contributed by atoms with Gasteiger partial charge in [0.15, 0.2) is 0 Å². The van der Waals surface area contributed by atoms with Crippen molar-refractivity contribution in [2.24, 2.45) is 0 Å². The van der Waals surface area contributed by atoms with Crippen molar-refractivity contribution in [3.63, 3.8) is 0 Å². The number of aryl methyl sites for hydroxylation is 1. The van der Waals surface area contributed by atoms with Crippen LogP contribution in [0.5, 0.6) is 0 Å². The summed E-state index contributed by atoms with van der Waals surface area (Å²) >= 11 is 0. The molecule has 0 unspecified atom stereocenters. The number of benzene rings is 1. The molecule has 0 bridgehead atoms. The molecule has 1 N–H and O–H groups in total. The fourth-order valence-electron chi connectivity index (χ4n) is 2.05. The number of nitrogens with one attached hydrogen (secondary N) is 1. The number of rotatable bonds is 2. The molecule has 4 nitrogen and oxygen atoms in total. The smallest absolute Gasteiger partial charge is 0.251 e. The van der Waals surface area contributed by atoms with Crippen molar-refractivity contribution in [2.75, 3.05) is 0 Å². The lowest BCUT2D eigenvalue weighted by Gasteiger charge is -2.04. The Morgan fingerprint density at radius 1 is 1.21 bits per heavy atom. The van der Waals surface area contributed by atoms with Gasteiger partial charge in [0.1, 0.15) is 5.82 Å².